The molecule has 0 spiro atoms. The maximum absolute atomic E-state index is 13.1. The second-order valence-corrected chi connectivity index (χ2v) is 9.51. The Hall–Kier alpha value is -3.12. The fraction of sp³-hybridized carbons (Fsp3) is 0.208. The highest BCUT2D eigenvalue weighted by Crippen LogP contribution is 2.27. The second kappa shape index (κ2) is 8.32. The molecule has 0 fully saturated rings. The lowest BCUT2D eigenvalue weighted by Crippen LogP contribution is -2.27. The van der Waals surface area contributed by atoms with Crippen molar-refractivity contribution in [2.75, 3.05) is 16.7 Å². The molecule has 1 N–H and O–H groups in total. The third-order valence-electron chi connectivity index (χ3n) is 5.25. The summed E-state index contributed by atoms with van der Waals surface area (Å²) in [5.41, 5.74) is 5.53. The molecule has 0 heterocycles. The van der Waals surface area contributed by atoms with Gasteiger partial charge in [0.05, 0.1) is 10.6 Å². The number of nitrogens with zero attached hydrogens (tertiary/aromatic N) is 1. The first-order valence-corrected chi connectivity index (χ1v) is 11.1. The average Bonchev–Trinajstić information content (AvgIpc) is 2.71. The summed E-state index contributed by atoms with van der Waals surface area (Å²) in [7, 11) is -2.24. The van der Waals surface area contributed by atoms with Crippen LogP contribution in [0.3, 0.4) is 0 Å². The fourth-order valence-electron chi connectivity index (χ4n) is 3.11. The summed E-state index contributed by atoms with van der Waals surface area (Å²) < 4.78 is 27.3. The van der Waals surface area contributed by atoms with Gasteiger partial charge in [0.1, 0.15) is 0 Å². The van der Waals surface area contributed by atoms with Gasteiger partial charge in [-0.1, -0.05) is 29.8 Å². The van der Waals surface area contributed by atoms with Crippen molar-refractivity contribution >= 4 is 27.3 Å². The number of benzene rings is 3. The molecule has 3 rings (SSSR count). The minimum absolute atomic E-state index is 0.208. The zero-order chi connectivity index (χ0) is 22.1. The lowest BCUT2D eigenvalue weighted by molar-refractivity contribution is 0.102. The minimum Gasteiger partial charge on any atom is -0.322 e. The molecule has 3 aromatic carbocycles. The predicted octanol–water partition coefficient (Wildman–Crippen LogP) is 5.00. The Balaban J connectivity index is 1.91. The topological polar surface area (TPSA) is 66.5 Å². The first-order valence-electron chi connectivity index (χ1n) is 9.64. The van der Waals surface area contributed by atoms with Crippen LogP contribution >= 0.6 is 0 Å². The molecule has 0 saturated heterocycles. The van der Waals surface area contributed by atoms with Crippen LogP contribution in [0.1, 0.15) is 32.6 Å². The van der Waals surface area contributed by atoms with Gasteiger partial charge in [-0.25, -0.2) is 8.42 Å². The van der Waals surface area contributed by atoms with Gasteiger partial charge in [-0.15, -0.1) is 0 Å². The zero-order valence-electron chi connectivity index (χ0n) is 17.9. The molecule has 0 aliphatic heterocycles. The van der Waals surface area contributed by atoms with Crippen molar-refractivity contribution in [1.29, 1.82) is 0 Å². The summed E-state index contributed by atoms with van der Waals surface area (Å²) in [5, 5.41) is 2.88. The molecule has 0 aromatic heterocycles. The van der Waals surface area contributed by atoms with Crippen molar-refractivity contribution in [3.63, 3.8) is 0 Å². The molecule has 30 heavy (non-hydrogen) atoms. The van der Waals surface area contributed by atoms with E-state index in [1.165, 1.54) is 11.4 Å². The third-order valence-corrected chi connectivity index (χ3v) is 7.04. The Morgan fingerprint density at radius 1 is 0.800 bits per heavy atom. The van der Waals surface area contributed by atoms with Crippen LogP contribution in [0.2, 0.25) is 0 Å². The summed E-state index contributed by atoms with van der Waals surface area (Å²) >= 11 is 0. The van der Waals surface area contributed by atoms with E-state index in [4.69, 9.17) is 0 Å². The normalized spacial score (nSPS) is 11.2. The van der Waals surface area contributed by atoms with E-state index in [0.717, 1.165) is 22.3 Å². The number of sulfonamides is 1. The summed E-state index contributed by atoms with van der Waals surface area (Å²) in [5.74, 6) is -0.291. The van der Waals surface area contributed by atoms with Gasteiger partial charge in [0.25, 0.3) is 15.9 Å². The number of carbonyl (C=O) groups excluding carboxylic acids is 1. The van der Waals surface area contributed by atoms with Crippen LogP contribution in [-0.4, -0.2) is 21.4 Å². The van der Waals surface area contributed by atoms with Crippen molar-refractivity contribution in [2.45, 2.75) is 32.6 Å². The molecular formula is C24H26N2O3S. The molecule has 1 amide bonds. The van der Waals surface area contributed by atoms with E-state index in [-0.39, 0.29) is 10.8 Å². The van der Waals surface area contributed by atoms with Gasteiger partial charge in [0.15, 0.2) is 0 Å². The van der Waals surface area contributed by atoms with Crippen LogP contribution in [0.25, 0.3) is 0 Å². The van der Waals surface area contributed by atoms with E-state index in [9.17, 15) is 13.2 Å². The summed E-state index contributed by atoms with van der Waals surface area (Å²) in [6, 6.07) is 17.5. The van der Waals surface area contributed by atoms with Crippen LogP contribution in [0.4, 0.5) is 11.4 Å². The molecule has 156 valence electrons. The van der Waals surface area contributed by atoms with Crippen LogP contribution in [0.5, 0.6) is 0 Å². The minimum atomic E-state index is -3.74. The van der Waals surface area contributed by atoms with Crippen LogP contribution in [-0.2, 0) is 10.0 Å². The monoisotopic (exact) mass is 422 g/mol. The van der Waals surface area contributed by atoms with Gasteiger partial charge in [-0.2, -0.15) is 0 Å². The van der Waals surface area contributed by atoms with Crippen molar-refractivity contribution in [1.82, 2.24) is 0 Å². The van der Waals surface area contributed by atoms with Crippen molar-refractivity contribution in [2.24, 2.45) is 0 Å². The Morgan fingerprint density at radius 3 is 2.07 bits per heavy atom. The Morgan fingerprint density at radius 2 is 1.43 bits per heavy atom. The number of hydrogen-bond acceptors (Lipinski definition) is 3. The van der Waals surface area contributed by atoms with E-state index in [2.05, 4.69) is 5.32 Å². The van der Waals surface area contributed by atoms with Gasteiger partial charge < -0.3 is 5.32 Å². The number of anilines is 2. The molecule has 0 radical (unpaired) electrons. The molecule has 0 atom stereocenters. The Labute approximate surface area is 178 Å². The molecule has 0 aliphatic rings. The Kier molecular flexibility index (Phi) is 5.99. The first kappa shape index (κ1) is 21.6. The number of aryl methyl sites for hydroxylation is 4. The molecule has 0 aliphatic carbocycles. The average molecular weight is 423 g/mol. The zero-order valence-corrected chi connectivity index (χ0v) is 18.7. The standard InChI is InChI=1S/C24H26N2O3S/c1-16-6-12-22(13-7-16)30(28,29)26(5)23-15-20(10-8-18(23)3)24(27)25-21-11-9-17(2)19(4)14-21/h6-15H,1-5H3,(H,25,27). The molecule has 5 nitrogen and oxygen atoms in total. The highest BCUT2D eigenvalue weighted by atomic mass is 32.2. The highest BCUT2D eigenvalue weighted by Gasteiger charge is 2.23. The maximum Gasteiger partial charge on any atom is 0.264 e. The summed E-state index contributed by atoms with van der Waals surface area (Å²) in [6.07, 6.45) is 0. The van der Waals surface area contributed by atoms with Crippen LogP contribution < -0.4 is 9.62 Å². The second-order valence-electron chi connectivity index (χ2n) is 7.54. The molecule has 0 unspecified atom stereocenters. The van der Waals surface area contributed by atoms with E-state index in [1.54, 1.807) is 42.5 Å². The van der Waals surface area contributed by atoms with Crippen LogP contribution in [0.15, 0.2) is 65.6 Å². The largest absolute Gasteiger partial charge is 0.322 e. The SMILES string of the molecule is Cc1ccc(S(=O)(=O)N(C)c2cc(C(=O)Nc3ccc(C)c(C)c3)ccc2C)cc1. The summed E-state index contributed by atoms with van der Waals surface area (Å²) in [4.78, 5) is 13.0. The first-order chi connectivity index (χ1) is 14.1. The lowest BCUT2D eigenvalue weighted by atomic mass is 10.1. The van der Waals surface area contributed by atoms with Gasteiger partial charge in [-0.3, -0.25) is 9.10 Å². The van der Waals surface area contributed by atoms with Crippen LogP contribution in [0, 0.1) is 27.7 Å². The van der Waals surface area contributed by atoms with E-state index >= 15 is 0 Å². The van der Waals surface area contributed by atoms with Gasteiger partial charge in [-0.05, 0) is 80.8 Å². The van der Waals surface area contributed by atoms with Crippen molar-refractivity contribution in [3.05, 3.63) is 88.5 Å². The number of carbonyl (C=O) groups is 1. The third kappa shape index (κ3) is 4.39. The van der Waals surface area contributed by atoms with E-state index in [1.807, 2.05) is 45.9 Å². The van der Waals surface area contributed by atoms with Gasteiger partial charge in [0.2, 0.25) is 0 Å². The number of nitrogens with one attached hydrogen (secondary N) is 1. The van der Waals surface area contributed by atoms with Crippen molar-refractivity contribution < 1.29 is 13.2 Å². The number of amides is 1. The number of rotatable bonds is 5. The van der Waals surface area contributed by atoms with E-state index in [0.29, 0.717) is 16.9 Å². The van der Waals surface area contributed by atoms with Gasteiger partial charge >= 0.3 is 0 Å². The molecule has 0 bridgehead atoms. The number of hydrogen-bond donors (Lipinski definition) is 1. The summed E-state index contributed by atoms with van der Waals surface area (Å²) in [6.45, 7) is 7.72. The fourth-order valence-corrected chi connectivity index (χ4v) is 4.36. The van der Waals surface area contributed by atoms with E-state index < -0.39 is 10.0 Å². The highest BCUT2D eigenvalue weighted by molar-refractivity contribution is 7.92. The maximum atomic E-state index is 13.1. The molecular weight excluding hydrogens is 396 g/mol. The van der Waals surface area contributed by atoms with Gasteiger partial charge in [0, 0.05) is 18.3 Å². The Bertz CT molecular complexity index is 1200. The smallest absolute Gasteiger partial charge is 0.264 e. The molecule has 6 heteroatoms. The molecule has 3 aromatic rings. The lowest BCUT2D eigenvalue weighted by Gasteiger charge is -2.22. The predicted molar refractivity (Wildman–Crippen MR) is 122 cm³/mol. The van der Waals surface area contributed by atoms with Crippen molar-refractivity contribution in [3.8, 4) is 0 Å². The quantitative estimate of drug-likeness (QED) is 0.629. The molecule has 0 saturated carbocycles.